The molecule has 2 bridgehead atoms. The second-order valence-electron chi connectivity index (χ2n) is 9.36. The van der Waals surface area contributed by atoms with Crippen molar-refractivity contribution in [3.8, 4) is 0 Å². The third-order valence-corrected chi connectivity index (χ3v) is 9.48. The molecular formula is C22H29F3N2O3S. The molecule has 172 valence electrons. The third kappa shape index (κ3) is 4.62. The van der Waals surface area contributed by atoms with Crippen molar-refractivity contribution in [3.05, 3.63) is 35.1 Å². The lowest BCUT2D eigenvalue weighted by Crippen LogP contribution is -2.52. The number of nitrogens with two attached hydrogens (primary N) is 1. The third-order valence-electron chi connectivity index (χ3n) is 7.34. The Labute approximate surface area is 181 Å². The molecule has 3 aliphatic rings. The van der Waals surface area contributed by atoms with Crippen LogP contribution in [0.1, 0.15) is 56.9 Å². The Hall–Kier alpha value is -1.61. The zero-order chi connectivity index (χ0) is 22.3. The van der Waals surface area contributed by atoms with E-state index < -0.39 is 44.3 Å². The maximum absolute atomic E-state index is 14.0. The average molecular weight is 459 g/mol. The van der Waals surface area contributed by atoms with Gasteiger partial charge in [-0.2, -0.15) is 0 Å². The molecule has 1 aromatic carbocycles. The number of carbonyl (C=O) groups excluding carboxylic acids is 1. The van der Waals surface area contributed by atoms with E-state index in [9.17, 15) is 26.4 Å². The zero-order valence-electron chi connectivity index (χ0n) is 17.4. The molecule has 2 aliphatic heterocycles. The van der Waals surface area contributed by atoms with Gasteiger partial charge in [0, 0.05) is 24.2 Å². The summed E-state index contributed by atoms with van der Waals surface area (Å²) in [4.78, 5) is 14.6. The highest BCUT2D eigenvalue weighted by Crippen LogP contribution is 2.40. The molecular weight excluding hydrogens is 429 g/mol. The molecule has 2 N–H and O–H groups in total. The summed E-state index contributed by atoms with van der Waals surface area (Å²) in [6, 6.07) is 0.785. The summed E-state index contributed by atoms with van der Waals surface area (Å²) in [6.45, 7) is 0. The molecule has 1 unspecified atom stereocenters. The minimum absolute atomic E-state index is 0.000466. The van der Waals surface area contributed by atoms with Gasteiger partial charge in [0.1, 0.15) is 11.6 Å². The van der Waals surface area contributed by atoms with Gasteiger partial charge in [-0.15, -0.1) is 0 Å². The van der Waals surface area contributed by atoms with Gasteiger partial charge in [0.15, 0.2) is 21.5 Å². The number of fused-ring (bicyclic) bond motifs is 2. The van der Waals surface area contributed by atoms with Crippen molar-refractivity contribution < 1.29 is 26.4 Å². The lowest BCUT2D eigenvalue weighted by molar-refractivity contribution is -0.133. The topological polar surface area (TPSA) is 80.5 Å². The summed E-state index contributed by atoms with van der Waals surface area (Å²) < 4.78 is 65.9. The summed E-state index contributed by atoms with van der Waals surface area (Å²) in [5.74, 6) is -3.90. The Balaban J connectivity index is 1.39. The first-order valence-electron chi connectivity index (χ1n) is 11.1. The number of halogens is 3. The lowest BCUT2D eigenvalue weighted by Gasteiger charge is -2.41. The van der Waals surface area contributed by atoms with Crippen LogP contribution < -0.4 is 5.73 Å². The fourth-order valence-electron chi connectivity index (χ4n) is 5.73. The number of piperidine rings is 1. The van der Waals surface area contributed by atoms with Crippen LogP contribution in [-0.4, -0.2) is 48.4 Å². The summed E-state index contributed by atoms with van der Waals surface area (Å²) in [6.07, 6.45) is 5.95. The van der Waals surface area contributed by atoms with Crippen LogP contribution >= 0.6 is 0 Å². The second-order valence-corrected chi connectivity index (χ2v) is 11.6. The van der Waals surface area contributed by atoms with E-state index in [0.29, 0.717) is 31.7 Å². The highest BCUT2D eigenvalue weighted by molar-refractivity contribution is 7.92. The monoisotopic (exact) mass is 458 g/mol. The number of hydrogen-bond donors (Lipinski definition) is 1. The molecule has 1 aliphatic carbocycles. The average Bonchev–Trinajstić information content (AvgIpc) is 3.33. The van der Waals surface area contributed by atoms with Gasteiger partial charge in [0.2, 0.25) is 5.91 Å². The van der Waals surface area contributed by atoms with Crippen LogP contribution in [0.15, 0.2) is 12.1 Å². The van der Waals surface area contributed by atoms with Crippen LogP contribution in [0.3, 0.4) is 0 Å². The Morgan fingerprint density at radius 3 is 2.19 bits per heavy atom. The fraction of sp³-hybridized carbons (Fsp3) is 0.682. The molecule has 0 radical (unpaired) electrons. The van der Waals surface area contributed by atoms with Crippen LogP contribution in [0.2, 0.25) is 0 Å². The van der Waals surface area contributed by atoms with Gasteiger partial charge in [0.05, 0.1) is 5.25 Å². The summed E-state index contributed by atoms with van der Waals surface area (Å²) >= 11 is 0. The molecule has 3 fully saturated rings. The minimum Gasteiger partial charge on any atom is -0.336 e. The number of rotatable bonds is 6. The van der Waals surface area contributed by atoms with E-state index in [1.807, 2.05) is 0 Å². The van der Waals surface area contributed by atoms with E-state index in [-0.39, 0.29) is 35.9 Å². The molecule has 1 aromatic rings. The first kappa shape index (κ1) is 22.6. The van der Waals surface area contributed by atoms with Crippen molar-refractivity contribution in [2.24, 2.45) is 11.7 Å². The van der Waals surface area contributed by atoms with Crippen molar-refractivity contribution in [2.45, 2.75) is 81.2 Å². The highest BCUT2D eigenvalue weighted by Gasteiger charge is 2.45. The van der Waals surface area contributed by atoms with Gasteiger partial charge in [-0.1, -0.05) is 12.8 Å². The molecule has 0 spiro atoms. The maximum Gasteiger partial charge on any atom is 0.238 e. The largest absolute Gasteiger partial charge is 0.336 e. The zero-order valence-corrected chi connectivity index (χ0v) is 18.2. The Morgan fingerprint density at radius 1 is 1.00 bits per heavy atom. The van der Waals surface area contributed by atoms with Crippen LogP contribution in [0.4, 0.5) is 13.2 Å². The first-order chi connectivity index (χ1) is 14.7. The molecule has 0 aromatic heterocycles. The molecule has 5 nitrogen and oxygen atoms in total. The fourth-order valence-corrected chi connectivity index (χ4v) is 7.51. The standard InChI is InChI=1S/C22H29F3N2O3S/c23-18-11-20(25)19(24)9-13(18)10-21(26)14-7-15-5-6-16(8-14)27(15)22(28)12-31(29,30)17-3-1-2-4-17/h9,11,14-17,21H,1-8,10,12,26H2/t14?,15-,16+,21-/m1/s1. The quantitative estimate of drug-likeness (QED) is 0.665. The van der Waals surface area contributed by atoms with Crippen LogP contribution in [0.25, 0.3) is 0 Å². The van der Waals surface area contributed by atoms with E-state index in [1.54, 1.807) is 4.90 Å². The molecule has 1 saturated carbocycles. The molecule has 31 heavy (non-hydrogen) atoms. The van der Waals surface area contributed by atoms with Crippen molar-refractivity contribution in [1.82, 2.24) is 4.90 Å². The van der Waals surface area contributed by atoms with Crippen molar-refractivity contribution in [3.63, 3.8) is 0 Å². The van der Waals surface area contributed by atoms with Gasteiger partial charge in [0.25, 0.3) is 0 Å². The summed E-state index contributed by atoms with van der Waals surface area (Å²) in [7, 11) is -3.43. The van der Waals surface area contributed by atoms with Crippen molar-refractivity contribution in [2.75, 3.05) is 5.75 Å². The first-order valence-corrected chi connectivity index (χ1v) is 12.8. The molecule has 4 atom stereocenters. The predicted molar refractivity (Wildman–Crippen MR) is 110 cm³/mol. The van der Waals surface area contributed by atoms with Gasteiger partial charge in [-0.3, -0.25) is 4.79 Å². The Morgan fingerprint density at radius 2 is 1.58 bits per heavy atom. The van der Waals surface area contributed by atoms with Gasteiger partial charge in [-0.25, -0.2) is 21.6 Å². The van der Waals surface area contributed by atoms with Crippen molar-refractivity contribution in [1.29, 1.82) is 0 Å². The molecule has 2 saturated heterocycles. The van der Waals surface area contributed by atoms with Gasteiger partial charge < -0.3 is 10.6 Å². The number of amides is 1. The Bertz CT molecular complexity index is 936. The summed E-state index contributed by atoms with van der Waals surface area (Å²) in [5.41, 5.74) is 6.36. The molecule has 9 heteroatoms. The molecule has 2 heterocycles. The van der Waals surface area contributed by atoms with E-state index in [1.165, 1.54) is 0 Å². The number of benzene rings is 1. The van der Waals surface area contributed by atoms with Crippen LogP contribution in [-0.2, 0) is 21.1 Å². The number of nitrogens with zero attached hydrogens (tertiary/aromatic N) is 1. The molecule has 1 amide bonds. The second kappa shape index (κ2) is 8.73. The maximum atomic E-state index is 14.0. The number of hydrogen-bond acceptors (Lipinski definition) is 4. The highest BCUT2D eigenvalue weighted by atomic mass is 32.2. The van der Waals surface area contributed by atoms with E-state index in [4.69, 9.17) is 5.73 Å². The summed E-state index contributed by atoms with van der Waals surface area (Å²) in [5, 5.41) is -0.397. The van der Waals surface area contributed by atoms with Gasteiger partial charge in [-0.05, 0) is 62.5 Å². The lowest BCUT2D eigenvalue weighted by atomic mass is 9.82. The number of carbonyl (C=O) groups is 1. The number of sulfone groups is 1. The smallest absolute Gasteiger partial charge is 0.238 e. The van der Waals surface area contributed by atoms with Crippen LogP contribution in [0.5, 0.6) is 0 Å². The Kier molecular flexibility index (Phi) is 6.36. The minimum atomic E-state index is -3.43. The van der Waals surface area contributed by atoms with Gasteiger partial charge >= 0.3 is 0 Å². The van der Waals surface area contributed by atoms with E-state index in [2.05, 4.69) is 0 Å². The van der Waals surface area contributed by atoms with Crippen molar-refractivity contribution >= 4 is 15.7 Å². The molecule has 4 rings (SSSR count). The van der Waals surface area contributed by atoms with E-state index in [0.717, 1.165) is 31.7 Å². The van der Waals surface area contributed by atoms with Crippen LogP contribution in [0, 0.1) is 23.4 Å². The predicted octanol–water partition coefficient (Wildman–Crippen LogP) is 3.10. The normalized spacial score (nSPS) is 27.6. The SMILES string of the molecule is N[C@H](Cc1cc(F)c(F)cc1F)C1C[C@H]2CC[C@@H](C1)N2C(=O)CS(=O)(=O)C1CCCC1. The van der Waals surface area contributed by atoms with E-state index >= 15 is 0 Å².